The van der Waals surface area contributed by atoms with Crippen molar-refractivity contribution in [1.82, 2.24) is 0 Å². The minimum atomic E-state index is -4.11. The highest BCUT2D eigenvalue weighted by atomic mass is 19.4. The van der Waals surface area contributed by atoms with Gasteiger partial charge in [-0.15, -0.1) is 0 Å². The number of alkyl halides is 3. The fraction of sp³-hybridized carbons (Fsp3) is 0.300. The van der Waals surface area contributed by atoms with Crippen molar-refractivity contribution in [2.24, 2.45) is 0 Å². The molecule has 5 heteroatoms. The van der Waals surface area contributed by atoms with Crippen LogP contribution in [0, 0.1) is 6.67 Å². The lowest BCUT2D eigenvalue weighted by atomic mass is 10.2. The number of anilines is 2. The molecule has 1 N–H and O–H groups in total. The first-order valence-corrected chi connectivity index (χ1v) is 4.58. The minimum Gasteiger partial charge on any atom is -0.360 e. The lowest BCUT2D eigenvalue weighted by Gasteiger charge is -2.17. The van der Waals surface area contributed by atoms with Gasteiger partial charge in [0.1, 0.15) is 6.67 Å². The molecule has 1 radical (unpaired) electrons. The second-order valence-corrected chi connectivity index (χ2v) is 3.35. The van der Waals surface area contributed by atoms with Crippen molar-refractivity contribution >= 4 is 11.4 Å². The molecule has 15 heavy (non-hydrogen) atoms. The van der Waals surface area contributed by atoms with Gasteiger partial charge < -0.3 is 10.2 Å². The van der Waals surface area contributed by atoms with Crippen LogP contribution in [0.1, 0.15) is 6.42 Å². The summed E-state index contributed by atoms with van der Waals surface area (Å²) >= 11 is 0. The number of nitrogens with one attached hydrogen (secondary N) is 1. The molecule has 81 valence electrons. The van der Waals surface area contributed by atoms with Crippen LogP contribution in [0.15, 0.2) is 24.3 Å². The average molecular weight is 215 g/mol. The third-order valence-electron chi connectivity index (χ3n) is 2.23. The lowest BCUT2D eigenvalue weighted by Crippen LogP contribution is -2.24. The zero-order chi connectivity index (χ0) is 10.9. The van der Waals surface area contributed by atoms with E-state index in [4.69, 9.17) is 0 Å². The van der Waals surface area contributed by atoms with Crippen molar-refractivity contribution < 1.29 is 13.2 Å². The first-order chi connectivity index (χ1) is 7.06. The summed E-state index contributed by atoms with van der Waals surface area (Å²) in [5.41, 5.74) is 1.64. The average Bonchev–Trinajstić information content (AvgIpc) is 2.57. The van der Waals surface area contributed by atoms with Gasteiger partial charge in [-0.2, -0.15) is 13.2 Å². The fourth-order valence-electron chi connectivity index (χ4n) is 1.50. The predicted octanol–water partition coefficient (Wildman–Crippen LogP) is 2.99. The maximum Gasteiger partial charge on any atom is 0.390 e. The second kappa shape index (κ2) is 3.64. The molecule has 1 aromatic carbocycles. The molecule has 0 bridgehead atoms. The van der Waals surface area contributed by atoms with E-state index in [9.17, 15) is 13.2 Å². The highest BCUT2D eigenvalue weighted by Gasteiger charge is 2.29. The van der Waals surface area contributed by atoms with Crippen LogP contribution in [0.2, 0.25) is 0 Å². The van der Waals surface area contributed by atoms with Gasteiger partial charge in [-0.05, 0) is 12.1 Å². The molecule has 0 unspecified atom stereocenters. The smallest absolute Gasteiger partial charge is 0.360 e. The van der Waals surface area contributed by atoms with Crippen molar-refractivity contribution in [2.45, 2.75) is 12.6 Å². The number of halogens is 3. The highest BCUT2D eigenvalue weighted by molar-refractivity contribution is 5.76. The molecule has 2 nitrogen and oxygen atoms in total. The molecule has 2 rings (SSSR count). The number of benzene rings is 1. The van der Waals surface area contributed by atoms with Gasteiger partial charge in [0, 0.05) is 6.54 Å². The summed E-state index contributed by atoms with van der Waals surface area (Å²) in [6.45, 7) is 1.52. The van der Waals surface area contributed by atoms with Gasteiger partial charge in [-0.1, -0.05) is 12.1 Å². The molecule has 0 aromatic heterocycles. The Hall–Kier alpha value is -1.39. The number of nitrogens with zero attached hydrogens (tertiary/aromatic N) is 1. The van der Waals surface area contributed by atoms with Gasteiger partial charge in [-0.3, -0.25) is 0 Å². The van der Waals surface area contributed by atoms with E-state index in [1.807, 2.05) is 12.1 Å². The summed E-state index contributed by atoms with van der Waals surface area (Å²) in [5.74, 6) is 0. The summed E-state index contributed by atoms with van der Waals surface area (Å²) in [6, 6.07) is 7.27. The molecule has 0 atom stereocenters. The first-order valence-electron chi connectivity index (χ1n) is 4.58. The Kier molecular flexibility index (Phi) is 2.46. The van der Waals surface area contributed by atoms with Crippen LogP contribution in [-0.4, -0.2) is 12.7 Å². The van der Waals surface area contributed by atoms with Gasteiger partial charge in [0.05, 0.1) is 17.8 Å². The minimum absolute atomic E-state index is 0.0481. The molecule has 0 aliphatic carbocycles. The van der Waals surface area contributed by atoms with E-state index in [2.05, 4.69) is 5.32 Å². The molecule has 0 fully saturated rings. The number of para-hydroxylation sites is 2. The van der Waals surface area contributed by atoms with Crippen molar-refractivity contribution in [3.05, 3.63) is 30.9 Å². The molecule has 1 aliphatic rings. The van der Waals surface area contributed by atoms with Gasteiger partial charge >= 0.3 is 6.18 Å². The largest absolute Gasteiger partial charge is 0.390 e. The first kappa shape index (κ1) is 10.1. The summed E-state index contributed by atoms with van der Waals surface area (Å²) < 4.78 is 36.1. The molecule has 0 amide bonds. The monoisotopic (exact) mass is 215 g/mol. The summed E-state index contributed by atoms with van der Waals surface area (Å²) in [6.07, 6.45) is -4.91. The van der Waals surface area contributed by atoms with E-state index < -0.39 is 12.6 Å². The van der Waals surface area contributed by atoms with Crippen LogP contribution in [-0.2, 0) is 0 Å². The SMILES string of the molecule is FC(F)(F)CCN1[CH]Nc2ccccc21. The number of fused-ring (bicyclic) bond motifs is 1. The predicted molar refractivity (Wildman–Crippen MR) is 52.4 cm³/mol. The van der Waals surface area contributed by atoms with E-state index in [0.29, 0.717) is 0 Å². The Labute approximate surface area is 85.7 Å². The van der Waals surface area contributed by atoms with Crippen molar-refractivity contribution in [3.8, 4) is 0 Å². The van der Waals surface area contributed by atoms with E-state index in [1.54, 1.807) is 23.7 Å². The molecule has 0 spiro atoms. The molecule has 0 saturated heterocycles. The zero-order valence-electron chi connectivity index (χ0n) is 7.88. The van der Waals surface area contributed by atoms with Crippen LogP contribution < -0.4 is 10.2 Å². The van der Waals surface area contributed by atoms with E-state index in [0.717, 1.165) is 11.4 Å². The zero-order valence-corrected chi connectivity index (χ0v) is 7.88. The van der Waals surface area contributed by atoms with Crippen molar-refractivity contribution in [3.63, 3.8) is 0 Å². The summed E-state index contributed by atoms with van der Waals surface area (Å²) in [4.78, 5) is 1.57. The normalized spacial score (nSPS) is 15.0. The molecular weight excluding hydrogens is 205 g/mol. The summed E-state index contributed by atoms with van der Waals surface area (Å²) in [7, 11) is 0. The molecule has 1 aliphatic heterocycles. The van der Waals surface area contributed by atoms with E-state index >= 15 is 0 Å². The van der Waals surface area contributed by atoms with Gasteiger partial charge in [0.25, 0.3) is 0 Å². The molecule has 1 heterocycles. The van der Waals surface area contributed by atoms with Crippen LogP contribution >= 0.6 is 0 Å². The highest BCUT2D eigenvalue weighted by Crippen LogP contribution is 2.33. The van der Waals surface area contributed by atoms with E-state index in [1.165, 1.54) is 0 Å². The van der Waals surface area contributed by atoms with Crippen LogP contribution in [0.4, 0.5) is 24.5 Å². The van der Waals surface area contributed by atoms with Crippen molar-refractivity contribution in [1.29, 1.82) is 0 Å². The number of hydrogen-bond acceptors (Lipinski definition) is 2. The quantitative estimate of drug-likeness (QED) is 0.815. The number of hydrogen-bond donors (Lipinski definition) is 1. The number of rotatable bonds is 2. The Bertz CT molecular complexity index is 349. The van der Waals surface area contributed by atoms with Crippen molar-refractivity contribution in [2.75, 3.05) is 16.8 Å². The van der Waals surface area contributed by atoms with Gasteiger partial charge in [0.15, 0.2) is 0 Å². The summed E-state index contributed by atoms with van der Waals surface area (Å²) in [5, 5.41) is 2.92. The third kappa shape index (κ3) is 2.34. The molecule has 1 aromatic rings. The maximum atomic E-state index is 12.0. The molecule has 0 saturated carbocycles. The Morgan fingerprint density at radius 1 is 1.20 bits per heavy atom. The Morgan fingerprint density at radius 3 is 2.67 bits per heavy atom. The van der Waals surface area contributed by atoms with Crippen LogP contribution in [0.5, 0.6) is 0 Å². The topological polar surface area (TPSA) is 15.3 Å². The third-order valence-corrected chi connectivity index (χ3v) is 2.23. The van der Waals surface area contributed by atoms with Gasteiger partial charge in [0.2, 0.25) is 0 Å². The second-order valence-electron chi connectivity index (χ2n) is 3.35. The lowest BCUT2D eigenvalue weighted by molar-refractivity contribution is -0.132. The fourth-order valence-corrected chi connectivity index (χ4v) is 1.50. The Morgan fingerprint density at radius 2 is 1.93 bits per heavy atom. The van der Waals surface area contributed by atoms with Crippen LogP contribution in [0.3, 0.4) is 0 Å². The van der Waals surface area contributed by atoms with Gasteiger partial charge in [-0.25, -0.2) is 0 Å². The standard InChI is InChI=1S/C10H10F3N2/c11-10(12,13)5-6-15-7-14-8-3-1-2-4-9(8)15/h1-4,7,14H,5-6H2. The molecular formula is C10H10F3N2. The van der Waals surface area contributed by atoms with Crippen LogP contribution in [0.25, 0.3) is 0 Å². The maximum absolute atomic E-state index is 12.0. The Balaban J connectivity index is 2.02. The van der Waals surface area contributed by atoms with E-state index in [-0.39, 0.29) is 6.54 Å².